The molecule has 1 aromatic rings. The number of nitrogens with zero attached hydrogens (tertiary/aromatic N) is 1. The molecule has 0 saturated carbocycles. The topological polar surface area (TPSA) is 119 Å². The molecule has 1 aliphatic heterocycles. The Kier molecular flexibility index (Phi) is 6.10. The standard InChI is InChI=1S/C18H28N4O3S/c1-13-12-17(21-15(3)23)5-4-16(13)6-11-26(24,25)22-9-7-18(20,8-10-22)14(2)19/h4-5,12H,2,6-11,19-20H2,1,3H3,(H,21,23). The van der Waals surface area contributed by atoms with Crippen LogP contribution >= 0.6 is 0 Å². The lowest BCUT2D eigenvalue weighted by atomic mass is 9.87. The minimum Gasteiger partial charge on any atom is -0.401 e. The third-order valence-electron chi connectivity index (χ3n) is 4.94. The average Bonchev–Trinajstić information content (AvgIpc) is 2.54. The third-order valence-corrected chi connectivity index (χ3v) is 6.81. The molecular weight excluding hydrogens is 352 g/mol. The lowest BCUT2D eigenvalue weighted by molar-refractivity contribution is -0.114. The first-order valence-corrected chi connectivity index (χ1v) is 10.2. The van der Waals surface area contributed by atoms with Gasteiger partial charge < -0.3 is 16.8 Å². The van der Waals surface area contributed by atoms with Crippen LogP contribution in [0.25, 0.3) is 0 Å². The van der Waals surface area contributed by atoms with E-state index in [0.29, 0.717) is 43.7 Å². The molecule has 0 atom stereocenters. The molecule has 1 aliphatic rings. The quantitative estimate of drug-likeness (QED) is 0.683. The van der Waals surface area contributed by atoms with Crippen LogP contribution in [0.2, 0.25) is 0 Å². The fraction of sp³-hybridized carbons (Fsp3) is 0.500. The summed E-state index contributed by atoms with van der Waals surface area (Å²) >= 11 is 0. The van der Waals surface area contributed by atoms with E-state index in [1.807, 2.05) is 19.1 Å². The molecule has 5 N–H and O–H groups in total. The highest BCUT2D eigenvalue weighted by Crippen LogP contribution is 2.26. The van der Waals surface area contributed by atoms with E-state index in [-0.39, 0.29) is 11.7 Å². The van der Waals surface area contributed by atoms with Crippen LogP contribution in [0.5, 0.6) is 0 Å². The lowest BCUT2D eigenvalue weighted by Crippen LogP contribution is -2.54. The minimum atomic E-state index is -3.37. The molecule has 2 rings (SSSR count). The first-order valence-electron chi connectivity index (χ1n) is 8.62. The Morgan fingerprint density at radius 2 is 1.96 bits per heavy atom. The predicted molar refractivity (Wildman–Crippen MR) is 104 cm³/mol. The van der Waals surface area contributed by atoms with Crippen molar-refractivity contribution in [3.05, 3.63) is 41.6 Å². The van der Waals surface area contributed by atoms with Gasteiger partial charge >= 0.3 is 0 Å². The maximum atomic E-state index is 12.6. The van der Waals surface area contributed by atoms with Crippen molar-refractivity contribution in [2.45, 2.75) is 38.6 Å². The Bertz CT molecular complexity index is 797. The van der Waals surface area contributed by atoms with E-state index < -0.39 is 15.6 Å². The Morgan fingerprint density at radius 3 is 2.46 bits per heavy atom. The van der Waals surface area contributed by atoms with Crippen molar-refractivity contribution in [3.63, 3.8) is 0 Å². The predicted octanol–water partition coefficient (Wildman–Crippen LogP) is 1.09. The summed E-state index contributed by atoms with van der Waals surface area (Å²) < 4.78 is 26.8. The number of benzene rings is 1. The number of sulfonamides is 1. The molecule has 1 heterocycles. The second-order valence-electron chi connectivity index (χ2n) is 6.97. The van der Waals surface area contributed by atoms with E-state index in [1.165, 1.54) is 11.2 Å². The molecule has 1 amide bonds. The van der Waals surface area contributed by atoms with Gasteiger partial charge in [-0.3, -0.25) is 4.79 Å². The summed E-state index contributed by atoms with van der Waals surface area (Å²) in [6, 6.07) is 5.49. The number of amides is 1. The van der Waals surface area contributed by atoms with Crippen molar-refractivity contribution in [3.8, 4) is 0 Å². The number of anilines is 1. The van der Waals surface area contributed by atoms with Gasteiger partial charge in [-0.15, -0.1) is 0 Å². The molecule has 0 unspecified atom stereocenters. The molecule has 144 valence electrons. The molecule has 26 heavy (non-hydrogen) atoms. The third kappa shape index (κ3) is 4.84. The first kappa shape index (κ1) is 20.4. The van der Waals surface area contributed by atoms with Gasteiger partial charge in [-0.25, -0.2) is 12.7 Å². The maximum absolute atomic E-state index is 12.6. The highest BCUT2D eigenvalue weighted by molar-refractivity contribution is 7.89. The van der Waals surface area contributed by atoms with Crippen LogP contribution in [-0.4, -0.2) is 43.0 Å². The molecule has 1 saturated heterocycles. The lowest BCUT2D eigenvalue weighted by Gasteiger charge is -2.38. The summed E-state index contributed by atoms with van der Waals surface area (Å²) in [5.41, 5.74) is 14.2. The van der Waals surface area contributed by atoms with E-state index in [4.69, 9.17) is 11.5 Å². The van der Waals surface area contributed by atoms with Crippen molar-refractivity contribution in [2.75, 3.05) is 24.2 Å². The van der Waals surface area contributed by atoms with Gasteiger partial charge in [0.15, 0.2) is 0 Å². The highest BCUT2D eigenvalue weighted by Gasteiger charge is 2.36. The number of aryl methyl sites for hydroxylation is 2. The van der Waals surface area contributed by atoms with Gasteiger partial charge in [0.25, 0.3) is 0 Å². The fourth-order valence-electron chi connectivity index (χ4n) is 3.11. The van der Waals surface area contributed by atoms with E-state index in [9.17, 15) is 13.2 Å². The van der Waals surface area contributed by atoms with Gasteiger partial charge in [0, 0.05) is 31.4 Å². The smallest absolute Gasteiger partial charge is 0.221 e. The molecule has 0 aliphatic carbocycles. The second-order valence-corrected chi connectivity index (χ2v) is 9.06. The Morgan fingerprint density at radius 1 is 1.35 bits per heavy atom. The molecule has 0 spiro atoms. The van der Waals surface area contributed by atoms with Crippen molar-refractivity contribution in [2.24, 2.45) is 11.5 Å². The Labute approximate surface area is 155 Å². The van der Waals surface area contributed by atoms with E-state index in [1.54, 1.807) is 6.07 Å². The number of rotatable bonds is 6. The minimum absolute atomic E-state index is 0.0362. The largest absolute Gasteiger partial charge is 0.401 e. The van der Waals surface area contributed by atoms with Crippen molar-refractivity contribution in [1.82, 2.24) is 4.31 Å². The summed E-state index contributed by atoms with van der Waals surface area (Å²) in [5, 5.41) is 2.72. The van der Waals surface area contributed by atoms with Crippen LogP contribution in [0.15, 0.2) is 30.5 Å². The molecule has 0 aromatic heterocycles. The zero-order chi connectivity index (χ0) is 19.5. The van der Waals surface area contributed by atoms with Gasteiger partial charge in [0.2, 0.25) is 15.9 Å². The van der Waals surface area contributed by atoms with Crippen molar-refractivity contribution < 1.29 is 13.2 Å². The van der Waals surface area contributed by atoms with Crippen LogP contribution in [0.3, 0.4) is 0 Å². The van der Waals surface area contributed by atoms with Gasteiger partial charge in [-0.05, 0) is 49.4 Å². The number of carbonyl (C=O) groups is 1. The number of hydrogen-bond donors (Lipinski definition) is 3. The van der Waals surface area contributed by atoms with Crippen LogP contribution < -0.4 is 16.8 Å². The van der Waals surface area contributed by atoms with E-state index in [2.05, 4.69) is 11.9 Å². The molecule has 0 radical (unpaired) electrons. The van der Waals surface area contributed by atoms with Gasteiger partial charge in [0.1, 0.15) is 0 Å². The number of nitrogens with two attached hydrogens (primary N) is 2. The van der Waals surface area contributed by atoms with E-state index in [0.717, 1.165) is 11.1 Å². The Hall–Kier alpha value is -1.90. The summed E-state index contributed by atoms with van der Waals surface area (Å²) in [5.74, 6) is -0.102. The van der Waals surface area contributed by atoms with E-state index >= 15 is 0 Å². The zero-order valence-electron chi connectivity index (χ0n) is 15.4. The molecule has 8 heteroatoms. The normalized spacial score (nSPS) is 17.7. The molecule has 0 bridgehead atoms. The summed E-state index contributed by atoms with van der Waals surface area (Å²) in [6.45, 7) is 7.78. The average molecular weight is 381 g/mol. The SMILES string of the molecule is C=C(N)C1(N)CCN(S(=O)(=O)CCc2ccc(NC(C)=O)cc2C)CC1. The molecular formula is C18H28N4O3S. The molecule has 7 nitrogen and oxygen atoms in total. The summed E-state index contributed by atoms with van der Waals surface area (Å²) in [4.78, 5) is 11.1. The highest BCUT2D eigenvalue weighted by atomic mass is 32.2. The molecule has 1 fully saturated rings. The number of hydrogen-bond acceptors (Lipinski definition) is 5. The van der Waals surface area contributed by atoms with Gasteiger partial charge in [-0.2, -0.15) is 0 Å². The Balaban J connectivity index is 1.98. The monoisotopic (exact) mass is 380 g/mol. The van der Waals surface area contributed by atoms with Gasteiger partial charge in [0.05, 0.1) is 11.3 Å². The zero-order valence-corrected chi connectivity index (χ0v) is 16.2. The van der Waals surface area contributed by atoms with Crippen molar-refractivity contribution >= 4 is 21.6 Å². The number of nitrogens with one attached hydrogen (secondary N) is 1. The fourth-order valence-corrected chi connectivity index (χ4v) is 4.58. The summed E-state index contributed by atoms with van der Waals surface area (Å²) in [6.07, 6.45) is 1.38. The second kappa shape index (κ2) is 7.77. The summed E-state index contributed by atoms with van der Waals surface area (Å²) in [7, 11) is -3.37. The number of carbonyl (C=O) groups excluding carboxylic acids is 1. The van der Waals surface area contributed by atoms with Crippen LogP contribution in [-0.2, 0) is 21.2 Å². The van der Waals surface area contributed by atoms with Crippen LogP contribution in [0.1, 0.15) is 30.9 Å². The molecule has 1 aromatic carbocycles. The first-order chi connectivity index (χ1) is 12.0. The number of piperidine rings is 1. The van der Waals surface area contributed by atoms with Crippen molar-refractivity contribution in [1.29, 1.82) is 0 Å². The van der Waals surface area contributed by atoms with Crippen LogP contribution in [0, 0.1) is 6.92 Å². The van der Waals surface area contributed by atoms with Gasteiger partial charge in [-0.1, -0.05) is 12.6 Å². The van der Waals surface area contributed by atoms with Crippen LogP contribution in [0.4, 0.5) is 5.69 Å². The maximum Gasteiger partial charge on any atom is 0.221 e.